The first-order chi connectivity index (χ1) is 11.2. The minimum atomic E-state index is 0.0219. The van der Waals surface area contributed by atoms with Gasteiger partial charge in [-0.25, -0.2) is 0 Å². The molecule has 1 aliphatic rings. The molecule has 0 spiro atoms. The highest BCUT2D eigenvalue weighted by Crippen LogP contribution is 2.38. The van der Waals surface area contributed by atoms with Crippen molar-refractivity contribution in [2.24, 2.45) is 0 Å². The Morgan fingerprint density at radius 3 is 2.26 bits per heavy atom. The van der Waals surface area contributed by atoms with Crippen molar-refractivity contribution in [1.29, 1.82) is 0 Å². The SMILES string of the molecule is O=C1c2ccccc2/C(=C\c2ccc(Br)s2)N1c1ccccc1. The number of fused-ring (bicyclic) bond motifs is 1. The van der Waals surface area contributed by atoms with Crippen molar-refractivity contribution < 1.29 is 4.79 Å². The van der Waals surface area contributed by atoms with Crippen LogP contribution in [0.1, 0.15) is 20.8 Å². The Hall–Kier alpha value is -2.17. The number of thiophene rings is 1. The van der Waals surface area contributed by atoms with Crippen LogP contribution in [-0.2, 0) is 0 Å². The number of para-hydroxylation sites is 1. The lowest BCUT2D eigenvalue weighted by Crippen LogP contribution is -2.22. The molecule has 1 aliphatic heterocycles. The highest BCUT2D eigenvalue weighted by Gasteiger charge is 2.32. The molecule has 2 nitrogen and oxygen atoms in total. The second kappa shape index (κ2) is 5.80. The second-order valence-electron chi connectivity index (χ2n) is 5.19. The van der Waals surface area contributed by atoms with E-state index >= 15 is 0 Å². The third-order valence-electron chi connectivity index (χ3n) is 3.76. The normalized spacial score (nSPS) is 15.3. The molecule has 0 aliphatic carbocycles. The van der Waals surface area contributed by atoms with E-state index in [-0.39, 0.29) is 5.91 Å². The number of nitrogens with zero attached hydrogens (tertiary/aromatic N) is 1. The zero-order chi connectivity index (χ0) is 15.8. The maximum atomic E-state index is 12.9. The zero-order valence-electron chi connectivity index (χ0n) is 12.1. The highest BCUT2D eigenvalue weighted by molar-refractivity contribution is 9.11. The molecule has 0 unspecified atom stereocenters. The summed E-state index contributed by atoms with van der Waals surface area (Å²) in [5.41, 5.74) is 3.53. The van der Waals surface area contributed by atoms with Crippen LogP contribution in [0.15, 0.2) is 70.5 Å². The van der Waals surface area contributed by atoms with Crippen molar-refractivity contribution in [2.45, 2.75) is 0 Å². The standard InChI is InChI=1S/C19H12BrNOS/c20-18-11-10-14(23-18)12-17-15-8-4-5-9-16(15)19(22)21(17)13-6-2-1-3-7-13/h1-12H/b17-12+. The summed E-state index contributed by atoms with van der Waals surface area (Å²) >= 11 is 5.14. The van der Waals surface area contributed by atoms with Crippen molar-refractivity contribution in [1.82, 2.24) is 0 Å². The Morgan fingerprint density at radius 1 is 0.870 bits per heavy atom. The predicted octanol–water partition coefficient (Wildman–Crippen LogP) is 5.67. The van der Waals surface area contributed by atoms with E-state index in [0.717, 1.165) is 31.2 Å². The Morgan fingerprint density at radius 2 is 1.57 bits per heavy atom. The number of anilines is 1. The van der Waals surface area contributed by atoms with Crippen LogP contribution in [0.25, 0.3) is 11.8 Å². The zero-order valence-corrected chi connectivity index (χ0v) is 14.5. The molecule has 4 rings (SSSR count). The molecular weight excluding hydrogens is 370 g/mol. The molecule has 0 N–H and O–H groups in total. The molecule has 4 heteroatoms. The maximum absolute atomic E-state index is 12.9. The van der Waals surface area contributed by atoms with E-state index in [1.807, 2.05) is 60.7 Å². The number of halogens is 1. The summed E-state index contributed by atoms with van der Waals surface area (Å²) in [6, 6.07) is 21.6. The number of carbonyl (C=O) groups is 1. The van der Waals surface area contributed by atoms with Crippen LogP contribution in [0.2, 0.25) is 0 Å². The number of carbonyl (C=O) groups excluding carboxylic acids is 1. The van der Waals surface area contributed by atoms with Crippen LogP contribution in [0, 0.1) is 0 Å². The van der Waals surface area contributed by atoms with Gasteiger partial charge in [-0.05, 0) is 52.3 Å². The molecule has 0 saturated carbocycles. The van der Waals surface area contributed by atoms with E-state index in [1.165, 1.54) is 0 Å². The molecule has 0 radical (unpaired) electrons. The second-order valence-corrected chi connectivity index (χ2v) is 7.69. The van der Waals surface area contributed by atoms with Gasteiger partial charge >= 0.3 is 0 Å². The van der Waals surface area contributed by atoms with Gasteiger partial charge in [0, 0.05) is 21.7 Å². The Balaban J connectivity index is 1.91. The molecule has 3 aromatic rings. The van der Waals surface area contributed by atoms with Gasteiger partial charge in [-0.2, -0.15) is 0 Å². The Bertz CT molecular complexity index is 914. The first-order valence-corrected chi connectivity index (χ1v) is 8.81. The van der Waals surface area contributed by atoms with Gasteiger partial charge in [-0.3, -0.25) is 9.69 Å². The fourth-order valence-corrected chi connectivity index (χ4v) is 4.12. The van der Waals surface area contributed by atoms with Crippen LogP contribution < -0.4 is 4.90 Å². The quantitative estimate of drug-likeness (QED) is 0.559. The Labute approximate surface area is 146 Å². The van der Waals surface area contributed by atoms with Crippen molar-refractivity contribution >= 4 is 50.6 Å². The van der Waals surface area contributed by atoms with Crippen LogP contribution in [0.3, 0.4) is 0 Å². The number of hydrogen-bond acceptors (Lipinski definition) is 2. The van der Waals surface area contributed by atoms with E-state index in [9.17, 15) is 4.79 Å². The van der Waals surface area contributed by atoms with Gasteiger partial charge in [-0.15, -0.1) is 11.3 Å². The smallest absolute Gasteiger partial charge is 0.263 e. The average molecular weight is 382 g/mol. The van der Waals surface area contributed by atoms with Crippen LogP contribution in [0.4, 0.5) is 5.69 Å². The minimum absolute atomic E-state index is 0.0219. The molecule has 23 heavy (non-hydrogen) atoms. The molecule has 0 fully saturated rings. The summed E-state index contributed by atoms with van der Waals surface area (Å²) in [5, 5.41) is 0. The molecule has 1 amide bonds. The lowest BCUT2D eigenvalue weighted by molar-refractivity contribution is 0.101. The molecule has 0 bridgehead atoms. The van der Waals surface area contributed by atoms with Crippen molar-refractivity contribution in [3.8, 4) is 0 Å². The van der Waals surface area contributed by atoms with Gasteiger partial charge in [0.2, 0.25) is 0 Å². The summed E-state index contributed by atoms with van der Waals surface area (Å²) in [5.74, 6) is 0.0219. The van der Waals surface area contributed by atoms with Crippen molar-refractivity contribution in [3.05, 3.63) is 86.5 Å². The van der Waals surface area contributed by atoms with Gasteiger partial charge in [-0.1, -0.05) is 36.4 Å². The van der Waals surface area contributed by atoms with E-state index in [4.69, 9.17) is 0 Å². The molecule has 0 atom stereocenters. The van der Waals surface area contributed by atoms with Gasteiger partial charge in [0.15, 0.2) is 0 Å². The minimum Gasteiger partial charge on any atom is -0.276 e. The molecule has 0 saturated heterocycles. The lowest BCUT2D eigenvalue weighted by Gasteiger charge is -2.18. The molecular formula is C19H12BrNOS. The summed E-state index contributed by atoms with van der Waals surface area (Å²) in [7, 11) is 0. The molecule has 2 heterocycles. The van der Waals surface area contributed by atoms with Crippen LogP contribution >= 0.6 is 27.3 Å². The van der Waals surface area contributed by atoms with Crippen LogP contribution in [0.5, 0.6) is 0 Å². The first-order valence-electron chi connectivity index (χ1n) is 7.20. The van der Waals surface area contributed by atoms with E-state index in [2.05, 4.69) is 28.1 Å². The third kappa shape index (κ3) is 2.54. The maximum Gasteiger partial charge on any atom is 0.263 e. The van der Waals surface area contributed by atoms with Gasteiger partial charge in [0.25, 0.3) is 5.91 Å². The van der Waals surface area contributed by atoms with Gasteiger partial charge in [0.1, 0.15) is 0 Å². The van der Waals surface area contributed by atoms with Crippen molar-refractivity contribution in [3.63, 3.8) is 0 Å². The third-order valence-corrected chi connectivity index (χ3v) is 5.34. The monoisotopic (exact) mass is 381 g/mol. The first kappa shape index (κ1) is 14.4. The van der Waals surface area contributed by atoms with Gasteiger partial charge < -0.3 is 0 Å². The number of rotatable bonds is 2. The number of hydrogen-bond donors (Lipinski definition) is 0. The predicted molar refractivity (Wildman–Crippen MR) is 99.6 cm³/mol. The summed E-state index contributed by atoms with van der Waals surface area (Å²) in [6.07, 6.45) is 2.08. The number of benzene rings is 2. The van der Waals surface area contributed by atoms with E-state index in [1.54, 1.807) is 16.2 Å². The highest BCUT2D eigenvalue weighted by atomic mass is 79.9. The molecule has 1 aromatic heterocycles. The lowest BCUT2D eigenvalue weighted by atomic mass is 10.1. The number of amides is 1. The van der Waals surface area contributed by atoms with E-state index in [0.29, 0.717) is 0 Å². The van der Waals surface area contributed by atoms with Gasteiger partial charge in [0.05, 0.1) is 9.48 Å². The largest absolute Gasteiger partial charge is 0.276 e. The molecule has 2 aromatic carbocycles. The fourth-order valence-electron chi connectivity index (χ4n) is 2.76. The fraction of sp³-hybridized carbons (Fsp3) is 0. The average Bonchev–Trinajstić information content (AvgIpc) is 3.11. The van der Waals surface area contributed by atoms with Crippen LogP contribution in [-0.4, -0.2) is 5.91 Å². The molecule has 112 valence electrons. The summed E-state index contributed by atoms with van der Waals surface area (Å²) in [4.78, 5) is 15.8. The Kier molecular flexibility index (Phi) is 3.63. The van der Waals surface area contributed by atoms with Crippen molar-refractivity contribution in [2.75, 3.05) is 4.90 Å². The summed E-state index contributed by atoms with van der Waals surface area (Å²) in [6.45, 7) is 0. The summed E-state index contributed by atoms with van der Waals surface area (Å²) < 4.78 is 1.08. The topological polar surface area (TPSA) is 20.3 Å². The van der Waals surface area contributed by atoms with E-state index < -0.39 is 0 Å².